The van der Waals surface area contributed by atoms with E-state index >= 15 is 0 Å². The number of urea groups is 1. The number of carbonyl (C=O) groups excluding carboxylic acids is 1. The predicted molar refractivity (Wildman–Crippen MR) is 215 cm³/mol. The molecular weight excluding hydrogens is 685 g/mol. The maximum absolute atomic E-state index is 13.2. The minimum atomic E-state index is -0.515. The summed E-state index contributed by atoms with van der Waals surface area (Å²) in [6.45, 7) is 6.46. The molecule has 55 heavy (non-hydrogen) atoms. The molecule has 6 aliphatic rings. The van der Waals surface area contributed by atoms with Crippen LogP contribution >= 0.6 is 0 Å². The molecule has 288 valence electrons. The molecule has 2 heterocycles. The van der Waals surface area contributed by atoms with Gasteiger partial charge in [-0.1, -0.05) is 91.0 Å². The molecule has 4 bridgehead atoms. The van der Waals surface area contributed by atoms with Crippen LogP contribution in [0.2, 0.25) is 0 Å². The highest BCUT2D eigenvalue weighted by atomic mass is 16.7. The second kappa shape index (κ2) is 16.2. The zero-order valence-electron chi connectivity index (χ0n) is 32.0. The number of rotatable bonds is 11. The summed E-state index contributed by atoms with van der Waals surface area (Å²) in [5.74, 6) is 2.39. The molecule has 4 aliphatic carbocycles. The highest BCUT2D eigenvalue weighted by Crippen LogP contribution is 2.55. The van der Waals surface area contributed by atoms with Gasteiger partial charge in [0.2, 0.25) is 0 Å². The van der Waals surface area contributed by atoms with Crippen LogP contribution in [-0.2, 0) is 29.2 Å². The quantitative estimate of drug-likeness (QED) is 0.145. The summed E-state index contributed by atoms with van der Waals surface area (Å²) in [6, 6.07) is 35.8. The van der Waals surface area contributed by atoms with Gasteiger partial charge in [-0.25, -0.2) is 4.79 Å². The van der Waals surface area contributed by atoms with Gasteiger partial charge in [0.05, 0.1) is 18.8 Å². The Labute approximate surface area is 326 Å². The number of nitrogens with zero attached hydrogens (tertiary/aromatic N) is 2. The fourth-order valence-electron chi connectivity index (χ4n) is 10.7. The summed E-state index contributed by atoms with van der Waals surface area (Å²) in [6.07, 6.45) is 7.67. The number of aliphatic hydroxyl groups excluding tert-OH is 1. The normalized spacial score (nSPS) is 29.3. The lowest BCUT2D eigenvalue weighted by molar-refractivity contribution is -0.253. The van der Waals surface area contributed by atoms with Crippen molar-refractivity contribution >= 4 is 6.03 Å². The number of hydrogen-bond donors (Lipinski definition) is 3. The largest absolute Gasteiger partial charge is 0.392 e. The first-order chi connectivity index (χ1) is 26.9. The number of carbonyl (C=O) groups is 1. The fourth-order valence-corrected chi connectivity index (χ4v) is 10.7. The fraction of sp³-hybridized carbons (Fsp3) is 0.468. The molecule has 3 N–H and O–H groups in total. The topological polar surface area (TPSA) is 86.3 Å². The van der Waals surface area contributed by atoms with Crippen molar-refractivity contribution in [3.63, 3.8) is 0 Å². The molecule has 0 aromatic heterocycles. The Kier molecular flexibility index (Phi) is 10.8. The third-order valence-electron chi connectivity index (χ3n) is 13.1. The summed E-state index contributed by atoms with van der Waals surface area (Å²) in [5, 5.41) is 16.3. The molecule has 0 radical (unpaired) electrons. The average molecular weight is 741 g/mol. The summed E-state index contributed by atoms with van der Waals surface area (Å²) >= 11 is 0. The van der Waals surface area contributed by atoms with Crippen molar-refractivity contribution in [3.05, 3.63) is 131 Å². The molecule has 6 fully saturated rings. The Bertz CT molecular complexity index is 1870. The first kappa shape index (κ1) is 36.6. The van der Waals surface area contributed by atoms with Crippen LogP contribution < -0.4 is 10.6 Å². The van der Waals surface area contributed by atoms with Crippen molar-refractivity contribution in [3.8, 4) is 11.1 Å². The van der Waals surface area contributed by atoms with E-state index in [1.807, 2.05) is 12.1 Å². The summed E-state index contributed by atoms with van der Waals surface area (Å²) < 4.78 is 13.5. The maximum atomic E-state index is 13.2. The number of aliphatic hydroxyl groups is 1. The number of piperazine rings is 1. The molecule has 4 aromatic rings. The van der Waals surface area contributed by atoms with Gasteiger partial charge < -0.3 is 25.2 Å². The first-order valence-electron chi connectivity index (χ1n) is 20.7. The lowest BCUT2D eigenvalue weighted by Gasteiger charge is -2.56. The third-order valence-corrected chi connectivity index (χ3v) is 13.1. The van der Waals surface area contributed by atoms with E-state index in [-0.39, 0.29) is 30.4 Å². The summed E-state index contributed by atoms with van der Waals surface area (Å²) in [4.78, 5) is 18.3. The van der Waals surface area contributed by atoms with Crippen LogP contribution in [0, 0.1) is 17.8 Å². The van der Waals surface area contributed by atoms with Gasteiger partial charge in [0, 0.05) is 63.3 Å². The van der Waals surface area contributed by atoms with Crippen molar-refractivity contribution in [2.45, 2.75) is 88.7 Å². The van der Waals surface area contributed by atoms with Crippen LogP contribution in [0.4, 0.5) is 4.79 Å². The number of hydrogen-bond acceptors (Lipinski definition) is 6. The van der Waals surface area contributed by atoms with E-state index in [4.69, 9.17) is 9.47 Å². The second-order valence-electron chi connectivity index (χ2n) is 17.2. The van der Waals surface area contributed by atoms with Crippen molar-refractivity contribution in [1.29, 1.82) is 0 Å². The second-order valence-corrected chi connectivity index (χ2v) is 17.2. The van der Waals surface area contributed by atoms with Crippen LogP contribution in [0.1, 0.15) is 85.2 Å². The number of benzene rings is 4. The van der Waals surface area contributed by atoms with Crippen LogP contribution in [0.15, 0.2) is 103 Å². The first-order valence-corrected chi connectivity index (χ1v) is 20.7. The van der Waals surface area contributed by atoms with E-state index in [0.29, 0.717) is 6.54 Å². The molecule has 8 nitrogen and oxygen atoms in total. The molecule has 2 aliphatic heterocycles. The van der Waals surface area contributed by atoms with Crippen molar-refractivity contribution in [2.75, 3.05) is 32.7 Å². The molecule has 2 saturated heterocycles. The zero-order chi connectivity index (χ0) is 37.2. The highest BCUT2D eigenvalue weighted by Gasteiger charge is 2.51. The molecule has 8 heteroatoms. The van der Waals surface area contributed by atoms with Gasteiger partial charge in [0.25, 0.3) is 0 Å². The van der Waals surface area contributed by atoms with Gasteiger partial charge in [-0.15, -0.1) is 0 Å². The Morgan fingerprint density at radius 1 is 0.673 bits per heavy atom. The van der Waals surface area contributed by atoms with E-state index < -0.39 is 6.29 Å². The van der Waals surface area contributed by atoms with E-state index in [2.05, 4.69) is 111 Å². The number of ether oxygens (including phenoxy) is 2. The lowest BCUT2D eigenvalue weighted by atomic mass is 9.53. The standard InChI is InChI=1S/C47H56N4O4/c52-32-34-12-14-39(15-13-34)44-25-43(31-51-18-16-50(17-19-51)30-33-6-2-1-3-7-33)54-45(55-44)42-11-5-10-41(24-42)40-9-4-8-35(23-40)29-48-46(53)49-47-26-36-20-37(27-47)22-38(21-36)28-47/h1-15,23-24,36-38,43-45,52H,16-22,25-32H2,(H2,48,49,53)/t36?,37?,38?,43-,44+,45+,47?/m0/s1. The molecule has 4 saturated carbocycles. The van der Waals surface area contributed by atoms with E-state index in [0.717, 1.165) is 116 Å². The van der Waals surface area contributed by atoms with Gasteiger partial charge in [0.1, 0.15) is 0 Å². The van der Waals surface area contributed by atoms with Crippen LogP contribution in [-0.4, -0.2) is 65.3 Å². The molecule has 0 spiro atoms. The number of nitrogens with one attached hydrogen (secondary N) is 2. The molecule has 10 rings (SSSR count). The highest BCUT2D eigenvalue weighted by molar-refractivity contribution is 5.75. The number of amides is 2. The molecule has 0 unspecified atom stereocenters. The van der Waals surface area contributed by atoms with Crippen LogP contribution in [0.25, 0.3) is 11.1 Å². The van der Waals surface area contributed by atoms with E-state index in [1.165, 1.54) is 24.8 Å². The molecule has 3 atom stereocenters. The SMILES string of the molecule is O=C(NCc1cccc(-c2cccc([C@@H]3O[C@H](CN4CCN(Cc5ccccc5)CC4)C[C@H](c4ccc(CO)cc4)O3)c2)c1)NC12CC3CC(CC(C3)C1)C2. The minimum Gasteiger partial charge on any atom is -0.392 e. The molecule has 4 aromatic carbocycles. The molecular formula is C47H56N4O4. The van der Waals surface area contributed by atoms with Crippen LogP contribution in [0.3, 0.4) is 0 Å². The van der Waals surface area contributed by atoms with Crippen molar-refractivity contribution < 1.29 is 19.4 Å². The van der Waals surface area contributed by atoms with Crippen molar-refractivity contribution in [1.82, 2.24) is 20.4 Å². The summed E-state index contributed by atoms with van der Waals surface area (Å²) in [7, 11) is 0. The lowest BCUT2D eigenvalue weighted by Crippen LogP contribution is -2.61. The van der Waals surface area contributed by atoms with Crippen LogP contribution in [0.5, 0.6) is 0 Å². The maximum Gasteiger partial charge on any atom is 0.315 e. The Balaban J connectivity index is 0.859. The summed E-state index contributed by atoms with van der Waals surface area (Å²) in [5.41, 5.74) is 7.61. The van der Waals surface area contributed by atoms with Gasteiger partial charge in [-0.3, -0.25) is 9.80 Å². The van der Waals surface area contributed by atoms with Gasteiger partial charge in [-0.2, -0.15) is 0 Å². The average Bonchev–Trinajstić information content (AvgIpc) is 3.21. The Morgan fingerprint density at radius 3 is 2.04 bits per heavy atom. The zero-order valence-corrected chi connectivity index (χ0v) is 32.0. The Morgan fingerprint density at radius 2 is 1.33 bits per heavy atom. The van der Waals surface area contributed by atoms with Gasteiger partial charge in [0.15, 0.2) is 6.29 Å². The Hall–Kier alpha value is -4.05. The third kappa shape index (κ3) is 8.69. The predicted octanol–water partition coefficient (Wildman–Crippen LogP) is 7.98. The smallest absolute Gasteiger partial charge is 0.315 e. The minimum absolute atomic E-state index is 0.00276. The van der Waals surface area contributed by atoms with E-state index in [1.54, 1.807) is 0 Å². The molecule has 2 amide bonds. The van der Waals surface area contributed by atoms with Crippen molar-refractivity contribution in [2.24, 2.45) is 17.8 Å². The van der Waals surface area contributed by atoms with Gasteiger partial charge in [-0.05, 0) is 102 Å². The van der Waals surface area contributed by atoms with E-state index in [9.17, 15) is 9.90 Å². The van der Waals surface area contributed by atoms with Gasteiger partial charge >= 0.3 is 6.03 Å². The monoisotopic (exact) mass is 740 g/mol.